The van der Waals surface area contributed by atoms with E-state index in [2.05, 4.69) is 37.2 Å². The molecule has 2 aliphatic heterocycles. The molecule has 2 saturated heterocycles. The number of benzene rings is 1. The molecule has 2 fully saturated rings. The van der Waals surface area contributed by atoms with Gasteiger partial charge in [0.1, 0.15) is 5.82 Å². The van der Waals surface area contributed by atoms with E-state index < -0.39 is 0 Å². The summed E-state index contributed by atoms with van der Waals surface area (Å²) in [6, 6.07) is 12.8. The summed E-state index contributed by atoms with van der Waals surface area (Å²) in [4.78, 5) is 25.9. The van der Waals surface area contributed by atoms with Crippen molar-refractivity contribution in [3.8, 4) is 0 Å². The summed E-state index contributed by atoms with van der Waals surface area (Å²) >= 11 is 0. The average Bonchev–Trinajstić information content (AvgIpc) is 2.80. The van der Waals surface area contributed by atoms with Gasteiger partial charge in [0.2, 0.25) is 11.9 Å². The summed E-state index contributed by atoms with van der Waals surface area (Å²) in [5.41, 5.74) is 6.99. The van der Waals surface area contributed by atoms with E-state index >= 15 is 0 Å². The van der Waals surface area contributed by atoms with Crippen molar-refractivity contribution in [1.29, 1.82) is 0 Å². The second kappa shape index (κ2) is 9.89. The maximum atomic E-state index is 12.7. The lowest BCUT2D eigenvalue weighted by molar-refractivity contribution is -0.127. The van der Waals surface area contributed by atoms with E-state index in [0.29, 0.717) is 18.5 Å². The third kappa shape index (κ3) is 5.27. The van der Waals surface area contributed by atoms with Gasteiger partial charge < -0.3 is 16.0 Å². The summed E-state index contributed by atoms with van der Waals surface area (Å²) < 4.78 is 0. The number of nitrogens with one attached hydrogen (secondary N) is 1. The lowest BCUT2D eigenvalue weighted by Crippen LogP contribution is -2.51. The zero-order valence-electron chi connectivity index (χ0n) is 17.5. The first-order valence-electron chi connectivity index (χ1n) is 11.1. The molecular weight excluding hydrogens is 376 g/mol. The van der Waals surface area contributed by atoms with Crippen molar-refractivity contribution in [1.82, 2.24) is 20.2 Å². The maximum Gasteiger partial charge on any atom is 0.224 e. The first kappa shape index (κ1) is 20.6. The average molecular weight is 409 g/mol. The number of carbonyl (C=O) groups excluding carboxylic acids is 1. The number of hydrogen-bond donors (Lipinski definition) is 2. The summed E-state index contributed by atoms with van der Waals surface area (Å²) in [6.07, 6.45) is 6.87. The SMILES string of the molecule is Nc1nccc(N2CCC(N3CCC[C@@H](C(=O)NCCc4ccccc4)C3)CC2)n1. The van der Waals surface area contributed by atoms with E-state index in [1.807, 2.05) is 24.3 Å². The van der Waals surface area contributed by atoms with Crippen LogP contribution in [0.3, 0.4) is 0 Å². The van der Waals surface area contributed by atoms with Crippen molar-refractivity contribution in [2.75, 3.05) is 43.4 Å². The highest BCUT2D eigenvalue weighted by Gasteiger charge is 2.31. The Morgan fingerprint density at radius 2 is 1.90 bits per heavy atom. The van der Waals surface area contributed by atoms with Gasteiger partial charge >= 0.3 is 0 Å². The van der Waals surface area contributed by atoms with E-state index in [1.165, 1.54) is 5.56 Å². The fourth-order valence-corrected chi connectivity index (χ4v) is 4.67. The third-order valence-electron chi connectivity index (χ3n) is 6.34. The van der Waals surface area contributed by atoms with E-state index in [9.17, 15) is 4.79 Å². The molecule has 1 amide bonds. The lowest BCUT2D eigenvalue weighted by atomic mass is 9.93. The van der Waals surface area contributed by atoms with Gasteiger partial charge in [0.05, 0.1) is 5.92 Å². The van der Waals surface area contributed by atoms with Crippen molar-refractivity contribution in [2.24, 2.45) is 5.92 Å². The van der Waals surface area contributed by atoms with Crippen LogP contribution < -0.4 is 16.0 Å². The van der Waals surface area contributed by atoms with Gasteiger partial charge in [0, 0.05) is 38.4 Å². The molecule has 3 N–H and O–H groups in total. The molecule has 1 atom stereocenters. The maximum absolute atomic E-state index is 12.7. The largest absolute Gasteiger partial charge is 0.368 e. The molecule has 1 aromatic carbocycles. The third-order valence-corrected chi connectivity index (χ3v) is 6.34. The van der Waals surface area contributed by atoms with Crippen LogP contribution in [0.1, 0.15) is 31.2 Å². The Bertz CT molecular complexity index is 821. The second-order valence-electron chi connectivity index (χ2n) is 8.35. The highest BCUT2D eigenvalue weighted by Crippen LogP contribution is 2.26. The van der Waals surface area contributed by atoms with Gasteiger partial charge in [0.25, 0.3) is 0 Å². The normalized spacial score (nSPS) is 20.8. The minimum absolute atomic E-state index is 0.106. The van der Waals surface area contributed by atoms with Crippen molar-refractivity contribution >= 4 is 17.7 Å². The van der Waals surface area contributed by atoms with Crippen LogP contribution in [0.25, 0.3) is 0 Å². The molecule has 0 spiro atoms. The van der Waals surface area contributed by atoms with Gasteiger partial charge in [-0.15, -0.1) is 0 Å². The molecule has 160 valence electrons. The number of rotatable bonds is 6. The number of aromatic nitrogens is 2. The smallest absolute Gasteiger partial charge is 0.224 e. The van der Waals surface area contributed by atoms with Crippen molar-refractivity contribution in [3.05, 3.63) is 48.2 Å². The van der Waals surface area contributed by atoms with E-state index in [-0.39, 0.29) is 11.8 Å². The Hall–Kier alpha value is -2.67. The lowest BCUT2D eigenvalue weighted by Gasteiger charge is -2.42. The Morgan fingerprint density at radius 1 is 1.10 bits per heavy atom. The van der Waals surface area contributed by atoms with Crippen molar-refractivity contribution in [2.45, 2.75) is 38.1 Å². The number of nitrogens with two attached hydrogens (primary N) is 1. The number of piperidine rings is 2. The Morgan fingerprint density at radius 3 is 2.67 bits per heavy atom. The summed E-state index contributed by atoms with van der Waals surface area (Å²) in [6.45, 7) is 4.61. The van der Waals surface area contributed by atoms with E-state index in [1.54, 1.807) is 6.20 Å². The second-order valence-corrected chi connectivity index (χ2v) is 8.35. The quantitative estimate of drug-likeness (QED) is 0.761. The Kier molecular flexibility index (Phi) is 6.79. The number of anilines is 2. The van der Waals surface area contributed by atoms with Gasteiger partial charge in [-0.3, -0.25) is 9.69 Å². The fraction of sp³-hybridized carbons (Fsp3) is 0.522. The molecule has 0 aliphatic carbocycles. The molecule has 7 nitrogen and oxygen atoms in total. The molecule has 7 heteroatoms. The molecule has 30 heavy (non-hydrogen) atoms. The topological polar surface area (TPSA) is 87.4 Å². The van der Waals surface area contributed by atoms with Crippen LogP contribution in [0.5, 0.6) is 0 Å². The zero-order chi connectivity index (χ0) is 20.8. The molecule has 1 aromatic heterocycles. The van der Waals surface area contributed by atoms with Crippen LogP contribution in [0, 0.1) is 5.92 Å². The summed E-state index contributed by atoms with van der Waals surface area (Å²) in [5, 5.41) is 3.16. The monoisotopic (exact) mass is 408 g/mol. The van der Waals surface area contributed by atoms with Crippen LogP contribution in [0.15, 0.2) is 42.6 Å². The molecule has 0 radical (unpaired) electrons. The predicted octanol–water partition coefficient (Wildman–Crippen LogP) is 2.10. The van der Waals surface area contributed by atoms with E-state index in [0.717, 1.165) is 64.1 Å². The molecule has 2 aromatic rings. The number of amides is 1. The number of nitrogen functional groups attached to an aromatic ring is 1. The van der Waals surface area contributed by atoms with Gasteiger partial charge in [-0.2, -0.15) is 4.98 Å². The number of carbonyl (C=O) groups is 1. The predicted molar refractivity (Wildman–Crippen MR) is 119 cm³/mol. The standard InChI is InChI=1S/C23H32N6O/c24-23-26-13-9-21(27-23)28-15-10-20(11-16-28)29-14-4-7-19(17-29)22(30)25-12-8-18-5-2-1-3-6-18/h1-3,5-6,9,13,19-20H,4,7-8,10-12,14-17H2,(H,25,30)(H2,24,26,27)/t19-/m1/s1. The van der Waals surface area contributed by atoms with Crippen LogP contribution in [-0.2, 0) is 11.2 Å². The molecule has 0 bridgehead atoms. The van der Waals surface area contributed by atoms with E-state index in [4.69, 9.17) is 5.73 Å². The van der Waals surface area contributed by atoms with Crippen LogP contribution in [0.2, 0.25) is 0 Å². The molecule has 0 saturated carbocycles. The highest BCUT2D eigenvalue weighted by atomic mass is 16.1. The summed E-state index contributed by atoms with van der Waals surface area (Å²) in [7, 11) is 0. The first-order chi connectivity index (χ1) is 14.7. The van der Waals surface area contributed by atoms with Crippen molar-refractivity contribution in [3.63, 3.8) is 0 Å². The summed E-state index contributed by atoms with van der Waals surface area (Å²) in [5.74, 6) is 1.56. The first-order valence-corrected chi connectivity index (χ1v) is 11.1. The Balaban J connectivity index is 1.23. The molecular formula is C23H32N6O. The van der Waals surface area contributed by atoms with Crippen molar-refractivity contribution < 1.29 is 4.79 Å². The molecule has 2 aliphatic rings. The number of nitrogens with zero attached hydrogens (tertiary/aromatic N) is 4. The van der Waals surface area contributed by atoms with Gasteiger partial charge in [-0.05, 0) is 50.3 Å². The van der Waals surface area contributed by atoms with Crippen LogP contribution >= 0.6 is 0 Å². The minimum Gasteiger partial charge on any atom is -0.368 e. The minimum atomic E-state index is 0.106. The molecule has 0 unspecified atom stereocenters. The fourth-order valence-electron chi connectivity index (χ4n) is 4.67. The molecule has 3 heterocycles. The Labute approximate surface area is 178 Å². The van der Waals surface area contributed by atoms with Gasteiger partial charge in [-0.25, -0.2) is 4.98 Å². The number of likely N-dealkylation sites (tertiary alicyclic amines) is 1. The highest BCUT2D eigenvalue weighted by molar-refractivity contribution is 5.79. The molecule has 4 rings (SSSR count). The zero-order valence-corrected chi connectivity index (χ0v) is 17.5. The number of hydrogen-bond acceptors (Lipinski definition) is 6. The van der Waals surface area contributed by atoms with Crippen LogP contribution in [0.4, 0.5) is 11.8 Å². The van der Waals surface area contributed by atoms with Gasteiger partial charge in [0.15, 0.2) is 0 Å². The van der Waals surface area contributed by atoms with Crippen LogP contribution in [-0.4, -0.2) is 59.5 Å². The van der Waals surface area contributed by atoms with Gasteiger partial charge in [-0.1, -0.05) is 30.3 Å².